The van der Waals surface area contributed by atoms with Gasteiger partial charge in [0.25, 0.3) is 0 Å². The van der Waals surface area contributed by atoms with Crippen molar-refractivity contribution in [3.05, 3.63) is 41.8 Å². The standard InChI is InChI=1S/C26H36N2O5S2/c1-16(2)14-17(18(25(31)32)15-35-21-12-9-13-34-21)23(29)28-22(26(3,4)5)24(30)27-19-10-7-8-11-20(19)33-6/h7-13,16-18,22H,14-15H2,1-6H3,(H,27,30)(H,28,29)(H,31,32)/t17-,18+,22-/m1/s1. The summed E-state index contributed by atoms with van der Waals surface area (Å²) < 4.78 is 6.32. The predicted molar refractivity (Wildman–Crippen MR) is 142 cm³/mol. The molecule has 0 spiro atoms. The number of hydrogen-bond donors (Lipinski definition) is 3. The Morgan fingerprint density at radius 2 is 1.74 bits per heavy atom. The third kappa shape index (κ3) is 8.58. The molecule has 0 saturated carbocycles. The molecule has 9 heteroatoms. The molecule has 0 fully saturated rings. The summed E-state index contributed by atoms with van der Waals surface area (Å²) in [4.78, 5) is 39.1. The molecule has 7 nitrogen and oxygen atoms in total. The molecule has 0 unspecified atom stereocenters. The van der Waals surface area contributed by atoms with Crippen molar-refractivity contribution in [1.82, 2.24) is 5.32 Å². The Morgan fingerprint density at radius 1 is 1.06 bits per heavy atom. The van der Waals surface area contributed by atoms with Crippen molar-refractivity contribution in [2.24, 2.45) is 23.2 Å². The first kappa shape index (κ1) is 28.7. The monoisotopic (exact) mass is 520 g/mol. The maximum atomic E-state index is 13.5. The molecule has 0 aliphatic rings. The van der Waals surface area contributed by atoms with E-state index in [1.165, 1.54) is 30.2 Å². The average Bonchev–Trinajstić information content (AvgIpc) is 3.29. The molecule has 0 aliphatic carbocycles. The summed E-state index contributed by atoms with van der Waals surface area (Å²) in [6.45, 7) is 9.50. The van der Waals surface area contributed by atoms with Gasteiger partial charge in [-0.05, 0) is 41.3 Å². The molecule has 192 valence electrons. The summed E-state index contributed by atoms with van der Waals surface area (Å²) in [5.41, 5.74) is -0.118. The summed E-state index contributed by atoms with van der Waals surface area (Å²) >= 11 is 2.98. The fourth-order valence-electron chi connectivity index (χ4n) is 3.72. The number of carboxylic acid groups (broad SMARTS) is 1. The van der Waals surface area contributed by atoms with Crippen LogP contribution in [0.15, 0.2) is 46.0 Å². The lowest BCUT2D eigenvalue weighted by atomic mass is 9.82. The van der Waals surface area contributed by atoms with Crippen LogP contribution in [0.3, 0.4) is 0 Å². The minimum Gasteiger partial charge on any atom is -0.495 e. The highest BCUT2D eigenvalue weighted by atomic mass is 32.2. The van der Waals surface area contributed by atoms with E-state index in [0.29, 0.717) is 17.9 Å². The SMILES string of the molecule is COc1ccccc1NC(=O)[C@@H](NC(=O)[C@H](CC(C)C)[C@H](CSc1cccs1)C(=O)O)C(C)(C)C. The number of rotatable bonds is 12. The molecular formula is C26H36N2O5S2. The van der Waals surface area contributed by atoms with Crippen molar-refractivity contribution in [2.45, 2.75) is 51.3 Å². The van der Waals surface area contributed by atoms with Crippen molar-refractivity contribution in [1.29, 1.82) is 0 Å². The fourth-order valence-corrected chi connectivity index (χ4v) is 5.70. The number of carbonyl (C=O) groups excluding carboxylic acids is 2. The zero-order valence-electron chi connectivity index (χ0n) is 21.2. The van der Waals surface area contributed by atoms with E-state index in [1.807, 2.05) is 52.1 Å². The maximum absolute atomic E-state index is 13.5. The summed E-state index contributed by atoms with van der Waals surface area (Å²) in [5.74, 6) is -2.60. The van der Waals surface area contributed by atoms with E-state index >= 15 is 0 Å². The molecule has 0 aliphatic heterocycles. The summed E-state index contributed by atoms with van der Waals surface area (Å²) in [6, 6.07) is 10.0. The second-order valence-electron chi connectivity index (χ2n) is 9.92. The number of hydrogen-bond acceptors (Lipinski definition) is 6. The van der Waals surface area contributed by atoms with E-state index in [4.69, 9.17) is 4.74 Å². The van der Waals surface area contributed by atoms with Gasteiger partial charge in [-0.3, -0.25) is 14.4 Å². The first-order valence-corrected chi connectivity index (χ1v) is 13.4. The number of aliphatic carboxylic acids is 1. The van der Waals surface area contributed by atoms with Crippen molar-refractivity contribution in [3.8, 4) is 5.75 Å². The van der Waals surface area contributed by atoms with Gasteiger partial charge in [-0.1, -0.05) is 52.8 Å². The fraction of sp³-hybridized carbons (Fsp3) is 0.500. The van der Waals surface area contributed by atoms with Crippen LogP contribution in [0.1, 0.15) is 41.0 Å². The molecular weight excluding hydrogens is 484 g/mol. The van der Waals surface area contributed by atoms with Crippen molar-refractivity contribution >= 4 is 46.6 Å². The van der Waals surface area contributed by atoms with Crippen LogP contribution in [0.4, 0.5) is 5.69 Å². The van der Waals surface area contributed by atoms with Gasteiger partial charge in [0.15, 0.2) is 0 Å². The van der Waals surface area contributed by atoms with E-state index < -0.39 is 41.1 Å². The zero-order valence-corrected chi connectivity index (χ0v) is 22.8. The molecule has 0 radical (unpaired) electrons. The number of thioether (sulfide) groups is 1. The van der Waals surface area contributed by atoms with Gasteiger partial charge in [0, 0.05) is 5.75 Å². The van der Waals surface area contributed by atoms with Crippen LogP contribution in [0.5, 0.6) is 5.75 Å². The van der Waals surface area contributed by atoms with Gasteiger partial charge in [0.1, 0.15) is 11.8 Å². The number of ether oxygens (including phenoxy) is 1. The Kier molecular flexibility index (Phi) is 10.6. The van der Waals surface area contributed by atoms with Gasteiger partial charge in [-0.15, -0.1) is 23.1 Å². The first-order valence-electron chi connectivity index (χ1n) is 11.6. The molecule has 1 aromatic heterocycles. The van der Waals surface area contributed by atoms with E-state index in [2.05, 4.69) is 10.6 Å². The Bertz CT molecular complexity index is 986. The van der Waals surface area contributed by atoms with Gasteiger partial charge in [-0.25, -0.2) is 0 Å². The number of carboxylic acids is 1. The third-order valence-electron chi connectivity index (χ3n) is 5.54. The average molecular weight is 521 g/mol. The number of nitrogens with one attached hydrogen (secondary N) is 2. The van der Waals surface area contributed by atoms with Crippen LogP contribution in [0, 0.1) is 23.2 Å². The molecule has 1 heterocycles. The van der Waals surface area contributed by atoms with E-state index in [9.17, 15) is 19.5 Å². The normalized spacial score (nSPS) is 14.1. The van der Waals surface area contributed by atoms with Crippen LogP contribution in [0.25, 0.3) is 0 Å². The van der Waals surface area contributed by atoms with E-state index in [-0.39, 0.29) is 11.7 Å². The highest BCUT2D eigenvalue weighted by Crippen LogP contribution is 2.32. The molecule has 2 rings (SSSR count). The largest absolute Gasteiger partial charge is 0.495 e. The number of amides is 2. The molecule has 2 aromatic rings. The third-order valence-corrected chi connectivity index (χ3v) is 7.80. The van der Waals surface area contributed by atoms with Crippen LogP contribution >= 0.6 is 23.1 Å². The second kappa shape index (κ2) is 13.0. The van der Waals surface area contributed by atoms with Gasteiger partial charge in [0.2, 0.25) is 11.8 Å². The number of para-hydroxylation sites is 2. The number of anilines is 1. The number of benzene rings is 1. The summed E-state index contributed by atoms with van der Waals surface area (Å²) in [5, 5.41) is 17.7. The lowest BCUT2D eigenvalue weighted by Gasteiger charge is -2.33. The van der Waals surface area contributed by atoms with Crippen LogP contribution in [0.2, 0.25) is 0 Å². The molecule has 3 atom stereocenters. The molecule has 0 saturated heterocycles. The van der Waals surface area contributed by atoms with Gasteiger partial charge in [-0.2, -0.15) is 0 Å². The maximum Gasteiger partial charge on any atom is 0.308 e. The smallest absolute Gasteiger partial charge is 0.308 e. The second-order valence-corrected chi connectivity index (χ2v) is 12.2. The zero-order chi connectivity index (χ0) is 26.2. The Hall–Kier alpha value is -2.52. The number of carbonyl (C=O) groups is 3. The predicted octanol–water partition coefficient (Wildman–Crippen LogP) is 5.38. The Labute approximate surface area is 216 Å². The highest BCUT2D eigenvalue weighted by molar-refractivity contribution is 8.01. The minimum absolute atomic E-state index is 0.106. The van der Waals surface area contributed by atoms with Crippen LogP contribution in [-0.4, -0.2) is 41.8 Å². The molecule has 1 aromatic carbocycles. The van der Waals surface area contributed by atoms with Gasteiger partial charge >= 0.3 is 5.97 Å². The van der Waals surface area contributed by atoms with Gasteiger partial charge < -0.3 is 20.5 Å². The molecule has 3 N–H and O–H groups in total. The van der Waals surface area contributed by atoms with Crippen molar-refractivity contribution < 1.29 is 24.2 Å². The summed E-state index contributed by atoms with van der Waals surface area (Å²) in [7, 11) is 1.52. The summed E-state index contributed by atoms with van der Waals surface area (Å²) in [6.07, 6.45) is 0.402. The molecule has 2 amide bonds. The molecule has 0 bridgehead atoms. The Morgan fingerprint density at radius 3 is 2.29 bits per heavy atom. The van der Waals surface area contributed by atoms with Crippen LogP contribution in [-0.2, 0) is 14.4 Å². The molecule has 35 heavy (non-hydrogen) atoms. The first-order chi connectivity index (χ1) is 16.4. The lowest BCUT2D eigenvalue weighted by Crippen LogP contribution is -2.54. The van der Waals surface area contributed by atoms with Crippen LogP contribution < -0.4 is 15.4 Å². The van der Waals surface area contributed by atoms with Crippen molar-refractivity contribution in [3.63, 3.8) is 0 Å². The number of methoxy groups -OCH3 is 1. The number of thiophene rings is 1. The quantitative estimate of drug-likeness (QED) is 0.325. The highest BCUT2D eigenvalue weighted by Gasteiger charge is 2.39. The van der Waals surface area contributed by atoms with E-state index in [1.54, 1.807) is 24.3 Å². The minimum atomic E-state index is -1.01. The Balaban J connectivity index is 2.26. The van der Waals surface area contributed by atoms with E-state index in [0.717, 1.165) is 4.21 Å². The topological polar surface area (TPSA) is 105 Å². The van der Waals surface area contributed by atoms with Crippen molar-refractivity contribution in [2.75, 3.05) is 18.2 Å². The lowest BCUT2D eigenvalue weighted by molar-refractivity contribution is -0.147. The van der Waals surface area contributed by atoms with Gasteiger partial charge in [0.05, 0.1) is 28.8 Å².